The maximum atomic E-state index is 13.4. The van der Waals surface area contributed by atoms with Crippen LogP contribution < -0.4 is 9.21 Å². The number of amides is 1. The lowest BCUT2D eigenvalue weighted by Crippen LogP contribution is -3.13. The Morgan fingerprint density at radius 2 is 1.50 bits per heavy atom. The summed E-state index contributed by atoms with van der Waals surface area (Å²) < 4.78 is 67.7. The Kier molecular flexibility index (Phi) is 7.65. The van der Waals surface area contributed by atoms with Crippen LogP contribution in [0.3, 0.4) is 0 Å². The molecule has 0 spiro atoms. The molecular formula is C26H27F3N3O3S+. The molecule has 4 rings (SSSR count). The van der Waals surface area contributed by atoms with Crippen molar-refractivity contribution in [3.05, 3.63) is 96.1 Å². The molecule has 3 aromatic carbocycles. The lowest BCUT2D eigenvalue weighted by Gasteiger charge is -2.34. The van der Waals surface area contributed by atoms with Gasteiger partial charge in [0.15, 0.2) is 0 Å². The second kappa shape index (κ2) is 10.7. The Bertz CT molecular complexity index is 1280. The van der Waals surface area contributed by atoms with Crippen molar-refractivity contribution in [3.8, 4) is 0 Å². The van der Waals surface area contributed by atoms with Crippen LogP contribution in [-0.4, -0.2) is 51.9 Å². The number of piperazine rings is 1. The van der Waals surface area contributed by atoms with Gasteiger partial charge in [0.2, 0.25) is 5.91 Å². The quantitative estimate of drug-likeness (QED) is 0.524. The number of anilines is 1. The van der Waals surface area contributed by atoms with Crippen LogP contribution in [0.15, 0.2) is 89.8 Å². The van der Waals surface area contributed by atoms with Gasteiger partial charge < -0.3 is 9.80 Å². The maximum absolute atomic E-state index is 13.4. The number of sulfonamides is 1. The Balaban J connectivity index is 1.53. The lowest BCUT2D eigenvalue weighted by atomic mass is 10.2. The molecule has 1 N–H and O–H groups in total. The van der Waals surface area contributed by atoms with Crippen molar-refractivity contribution < 1.29 is 31.3 Å². The highest BCUT2D eigenvalue weighted by Crippen LogP contribution is 2.33. The summed E-state index contributed by atoms with van der Waals surface area (Å²) in [5.74, 6) is -0.453. The van der Waals surface area contributed by atoms with E-state index in [4.69, 9.17) is 0 Å². The Labute approximate surface area is 208 Å². The number of alkyl halides is 3. The van der Waals surface area contributed by atoms with E-state index in [2.05, 4.69) is 0 Å². The number of hydrogen-bond donors (Lipinski definition) is 1. The third-order valence-corrected chi connectivity index (χ3v) is 7.98. The molecule has 0 unspecified atom stereocenters. The minimum absolute atomic E-state index is 0.104. The van der Waals surface area contributed by atoms with Gasteiger partial charge in [0.25, 0.3) is 10.0 Å². The van der Waals surface area contributed by atoms with Crippen molar-refractivity contribution in [2.75, 3.05) is 37.0 Å². The van der Waals surface area contributed by atoms with Gasteiger partial charge in [-0.05, 0) is 30.3 Å². The van der Waals surface area contributed by atoms with Gasteiger partial charge in [0, 0.05) is 5.56 Å². The average Bonchev–Trinajstić information content (AvgIpc) is 2.88. The molecule has 1 aliphatic rings. The third-order valence-electron chi connectivity index (χ3n) is 6.19. The molecule has 0 atom stereocenters. The monoisotopic (exact) mass is 518 g/mol. The maximum Gasteiger partial charge on any atom is 0.416 e. The number of carbonyl (C=O) groups is 1. The van der Waals surface area contributed by atoms with Gasteiger partial charge in [-0.3, -0.25) is 9.10 Å². The first-order valence-electron chi connectivity index (χ1n) is 11.5. The van der Waals surface area contributed by atoms with E-state index < -0.39 is 34.2 Å². The van der Waals surface area contributed by atoms with E-state index >= 15 is 0 Å². The second-order valence-corrected chi connectivity index (χ2v) is 10.5. The number of nitrogens with one attached hydrogen (secondary N) is 1. The summed E-state index contributed by atoms with van der Waals surface area (Å²) >= 11 is 0. The first-order valence-corrected chi connectivity index (χ1v) is 13.0. The molecule has 1 amide bonds. The Morgan fingerprint density at radius 3 is 2.11 bits per heavy atom. The minimum atomic E-state index is -4.65. The number of carbonyl (C=O) groups excluding carboxylic acids is 1. The van der Waals surface area contributed by atoms with E-state index in [1.165, 1.54) is 40.8 Å². The lowest BCUT2D eigenvalue weighted by molar-refractivity contribution is -0.917. The van der Waals surface area contributed by atoms with Crippen molar-refractivity contribution in [1.82, 2.24) is 4.90 Å². The first kappa shape index (κ1) is 25.7. The SMILES string of the molecule is O=C(CN(c1cccc(C(F)(F)F)c1)S(=O)(=O)c1ccccc1)N1CC[NH+](Cc2ccccc2)CC1. The van der Waals surface area contributed by atoms with Gasteiger partial charge in [-0.1, -0.05) is 54.6 Å². The molecule has 3 aromatic rings. The van der Waals surface area contributed by atoms with Crippen LogP contribution in [0, 0.1) is 0 Å². The van der Waals surface area contributed by atoms with Gasteiger partial charge >= 0.3 is 6.18 Å². The van der Waals surface area contributed by atoms with Crippen molar-refractivity contribution in [1.29, 1.82) is 0 Å². The van der Waals surface area contributed by atoms with E-state index in [0.717, 1.165) is 29.0 Å². The number of benzene rings is 3. The molecule has 10 heteroatoms. The number of nitrogens with zero attached hydrogens (tertiary/aromatic N) is 2. The van der Waals surface area contributed by atoms with E-state index in [1.807, 2.05) is 30.3 Å². The Hall–Kier alpha value is -3.37. The molecule has 1 fully saturated rings. The molecule has 1 aliphatic heterocycles. The summed E-state index contributed by atoms with van der Waals surface area (Å²) in [6.07, 6.45) is -4.65. The normalized spacial score (nSPS) is 15.0. The predicted octanol–water partition coefficient (Wildman–Crippen LogP) is 2.83. The summed E-state index contributed by atoms with van der Waals surface area (Å²) in [6, 6.07) is 21.4. The number of halogens is 3. The van der Waals surface area contributed by atoms with Crippen molar-refractivity contribution in [2.24, 2.45) is 0 Å². The zero-order valence-corrected chi connectivity index (χ0v) is 20.3. The first-order chi connectivity index (χ1) is 17.1. The van der Waals surface area contributed by atoms with Gasteiger partial charge in [-0.25, -0.2) is 8.42 Å². The van der Waals surface area contributed by atoms with Crippen LogP contribution in [0.1, 0.15) is 11.1 Å². The van der Waals surface area contributed by atoms with Crippen molar-refractivity contribution >= 4 is 21.6 Å². The van der Waals surface area contributed by atoms with E-state index in [0.29, 0.717) is 26.2 Å². The topological polar surface area (TPSA) is 62.1 Å². The zero-order valence-electron chi connectivity index (χ0n) is 19.5. The molecule has 190 valence electrons. The fourth-order valence-electron chi connectivity index (χ4n) is 4.23. The summed E-state index contributed by atoms with van der Waals surface area (Å²) in [7, 11) is -4.29. The molecule has 36 heavy (non-hydrogen) atoms. The molecule has 0 saturated carbocycles. The molecule has 0 radical (unpaired) electrons. The van der Waals surface area contributed by atoms with Crippen LogP contribution in [0.4, 0.5) is 18.9 Å². The predicted molar refractivity (Wildman–Crippen MR) is 130 cm³/mol. The highest BCUT2D eigenvalue weighted by atomic mass is 32.2. The highest BCUT2D eigenvalue weighted by molar-refractivity contribution is 7.92. The molecular weight excluding hydrogens is 491 g/mol. The number of hydrogen-bond acceptors (Lipinski definition) is 3. The summed E-state index contributed by atoms with van der Waals surface area (Å²) in [5.41, 5.74) is -0.00819. The van der Waals surface area contributed by atoms with Crippen molar-refractivity contribution in [3.63, 3.8) is 0 Å². The van der Waals surface area contributed by atoms with E-state index in [-0.39, 0.29) is 10.6 Å². The zero-order chi connectivity index (χ0) is 25.8. The molecule has 1 heterocycles. The molecule has 6 nitrogen and oxygen atoms in total. The summed E-state index contributed by atoms with van der Waals surface area (Å²) in [6.45, 7) is 2.48. The van der Waals surface area contributed by atoms with Crippen LogP contribution in [0.25, 0.3) is 0 Å². The van der Waals surface area contributed by atoms with Crippen LogP contribution in [-0.2, 0) is 27.5 Å². The van der Waals surface area contributed by atoms with Gasteiger partial charge in [-0.2, -0.15) is 13.2 Å². The van der Waals surface area contributed by atoms with Gasteiger partial charge in [0.05, 0.1) is 42.3 Å². The van der Waals surface area contributed by atoms with Crippen molar-refractivity contribution in [2.45, 2.75) is 17.6 Å². The fraction of sp³-hybridized carbons (Fsp3) is 0.269. The average molecular weight is 519 g/mol. The third kappa shape index (κ3) is 6.06. The highest BCUT2D eigenvalue weighted by Gasteiger charge is 2.34. The summed E-state index contributed by atoms with van der Waals surface area (Å²) in [5, 5.41) is 0. The van der Waals surface area contributed by atoms with E-state index in [9.17, 15) is 26.4 Å². The molecule has 1 saturated heterocycles. The Morgan fingerprint density at radius 1 is 0.889 bits per heavy atom. The number of rotatable bonds is 7. The van der Waals surface area contributed by atoms with Crippen LogP contribution in [0.5, 0.6) is 0 Å². The molecule has 0 bridgehead atoms. The van der Waals surface area contributed by atoms with E-state index in [1.54, 1.807) is 11.0 Å². The molecule has 0 aromatic heterocycles. The van der Waals surface area contributed by atoms with Gasteiger partial charge in [-0.15, -0.1) is 0 Å². The number of quaternary nitrogens is 1. The van der Waals surface area contributed by atoms with Crippen LogP contribution in [0.2, 0.25) is 0 Å². The van der Waals surface area contributed by atoms with Crippen LogP contribution >= 0.6 is 0 Å². The minimum Gasteiger partial charge on any atom is -0.330 e. The smallest absolute Gasteiger partial charge is 0.330 e. The molecule has 0 aliphatic carbocycles. The standard InChI is InChI=1S/C26H26F3N3O3S/c27-26(28,29)22-10-7-11-23(18-22)32(36(34,35)24-12-5-2-6-13-24)20-25(33)31-16-14-30(15-17-31)19-21-8-3-1-4-9-21/h1-13,18H,14-17,19-20H2/p+1. The summed E-state index contributed by atoms with van der Waals surface area (Å²) in [4.78, 5) is 16.0. The largest absolute Gasteiger partial charge is 0.416 e. The van der Waals surface area contributed by atoms with Gasteiger partial charge in [0.1, 0.15) is 13.1 Å². The fourth-order valence-corrected chi connectivity index (χ4v) is 5.66. The second-order valence-electron chi connectivity index (χ2n) is 8.67.